The highest BCUT2D eigenvalue weighted by atomic mass is 35.5. The molecule has 0 saturated carbocycles. The maximum atomic E-state index is 10.5. The lowest BCUT2D eigenvalue weighted by Crippen LogP contribution is -1.95. The van der Waals surface area contributed by atoms with Crippen LogP contribution in [0.15, 0.2) is 35.7 Å². The topological polar surface area (TPSA) is 93.3 Å². The van der Waals surface area contributed by atoms with Crippen LogP contribution in [0.3, 0.4) is 0 Å². The Kier molecular flexibility index (Phi) is 4.44. The molecule has 0 aliphatic rings. The van der Waals surface area contributed by atoms with Crippen LogP contribution in [0.5, 0.6) is 0 Å². The van der Waals surface area contributed by atoms with Gasteiger partial charge in [0.2, 0.25) is 0 Å². The SMILES string of the molecule is O=[N+]([O-])c1ccc(N/N=C/c2c(Cl)ncnc2Cl)cc1. The molecule has 102 valence electrons. The predicted octanol–water partition coefficient (Wildman–Crippen LogP) is 3.14. The number of rotatable bonds is 4. The minimum atomic E-state index is -0.478. The highest BCUT2D eigenvalue weighted by molar-refractivity contribution is 6.37. The Balaban J connectivity index is 2.08. The number of halogens is 2. The van der Waals surface area contributed by atoms with E-state index >= 15 is 0 Å². The predicted molar refractivity (Wildman–Crippen MR) is 76.4 cm³/mol. The third-order valence-corrected chi connectivity index (χ3v) is 2.85. The lowest BCUT2D eigenvalue weighted by Gasteiger charge is -2.01. The van der Waals surface area contributed by atoms with Crippen molar-refractivity contribution in [2.45, 2.75) is 0 Å². The first-order valence-corrected chi connectivity index (χ1v) is 6.03. The zero-order chi connectivity index (χ0) is 14.5. The monoisotopic (exact) mass is 311 g/mol. The maximum absolute atomic E-state index is 10.5. The Bertz CT molecular complexity index is 640. The van der Waals surface area contributed by atoms with E-state index in [1.165, 1.54) is 36.8 Å². The fraction of sp³-hybridized carbons (Fsp3) is 0. The summed E-state index contributed by atoms with van der Waals surface area (Å²) in [5, 5.41) is 14.8. The van der Waals surface area contributed by atoms with E-state index in [0.717, 1.165) is 0 Å². The van der Waals surface area contributed by atoms with E-state index in [4.69, 9.17) is 23.2 Å². The minimum absolute atomic E-state index is 0.00192. The van der Waals surface area contributed by atoms with Crippen molar-refractivity contribution in [2.75, 3.05) is 5.43 Å². The summed E-state index contributed by atoms with van der Waals surface area (Å²) in [6.45, 7) is 0. The molecule has 9 heteroatoms. The first-order chi connectivity index (χ1) is 9.58. The molecule has 0 aliphatic heterocycles. The van der Waals surface area contributed by atoms with Crippen molar-refractivity contribution in [1.29, 1.82) is 0 Å². The largest absolute Gasteiger partial charge is 0.278 e. The van der Waals surface area contributed by atoms with Gasteiger partial charge in [0, 0.05) is 12.1 Å². The Morgan fingerprint density at radius 3 is 2.35 bits per heavy atom. The zero-order valence-corrected chi connectivity index (χ0v) is 11.3. The molecule has 0 aliphatic carbocycles. The van der Waals surface area contributed by atoms with Crippen molar-refractivity contribution < 1.29 is 4.92 Å². The fourth-order valence-electron chi connectivity index (χ4n) is 1.29. The van der Waals surface area contributed by atoms with E-state index in [-0.39, 0.29) is 16.0 Å². The van der Waals surface area contributed by atoms with E-state index in [2.05, 4.69) is 20.5 Å². The summed E-state index contributed by atoms with van der Waals surface area (Å²) in [6, 6.07) is 5.78. The summed E-state index contributed by atoms with van der Waals surface area (Å²) >= 11 is 11.7. The van der Waals surface area contributed by atoms with Crippen molar-refractivity contribution in [1.82, 2.24) is 9.97 Å². The van der Waals surface area contributed by atoms with Gasteiger partial charge in [0.15, 0.2) is 0 Å². The third-order valence-electron chi connectivity index (χ3n) is 2.25. The average molecular weight is 312 g/mol. The van der Waals surface area contributed by atoms with Gasteiger partial charge in [-0.2, -0.15) is 5.10 Å². The lowest BCUT2D eigenvalue weighted by atomic mass is 10.3. The third kappa shape index (κ3) is 3.40. The molecule has 0 spiro atoms. The summed E-state index contributed by atoms with van der Waals surface area (Å²) in [7, 11) is 0. The number of anilines is 1. The van der Waals surface area contributed by atoms with E-state index in [9.17, 15) is 10.1 Å². The molecule has 20 heavy (non-hydrogen) atoms. The van der Waals surface area contributed by atoms with Gasteiger partial charge in [0.25, 0.3) is 5.69 Å². The molecule has 1 aromatic heterocycles. The minimum Gasteiger partial charge on any atom is -0.278 e. The van der Waals surface area contributed by atoms with Crippen molar-refractivity contribution in [3.63, 3.8) is 0 Å². The molecule has 0 radical (unpaired) electrons. The van der Waals surface area contributed by atoms with Crippen molar-refractivity contribution in [2.24, 2.45) is 5.10 Å². The fourth-order valence-corrected chi connectivity index (χ4v) is 1.70. The first-order valence-electron chi connectivity index (χ1n) is 5.27. The number of nitrogens with one attached hydrogen (secondary N) is 1. The number of hydrogen-bond acceptors (Lipinski definition) is 6. The standard InChI is InChI=1S/C11H7Cl2N5O2/c12-10-9(11(13)15-6-14-10)5-16-17-7-1-3-8(4-2-7)18(19)20/h1-6,17H/b16-5+. The molecule has 1 N–H and O–H groups in total. The summed E-state index contributed by atoms with van der Waals surface area (Å²) in [6.07, 6.45) is 2.61. The van der Waals surface area contributed by atoms with E-state index in [1.54, 1.807) is 0 Å². The van der Waals surface area contributed by atoms with Crippen LogP contribution >= 0.6 is 23.2 Å². The Morgan fingerprint density at radius 2 is 1.80 bits per heavy atom. The van der Waals surface area contributed by atoms with Crippen LogP contribution in [0.4, 0.5) is 11.4 Å². The molecule has 0 atom stereocenters. The molecule has 0 unspecified atom stereocenters. The molecule has 2 rings (SSSR count). The number of hydrogen-bond donors (Lipinski definition) is 1. The van der Waals surface area contributed by atoms with Gasteiger partial charge in [0.1, 0.15) is 16.6 Å². The Labute approximate surface area is 123 Å². The van der Waals surface area contributed by atoms with Crippen LogP contribution in [-0.4, -0.2) is 21.1 Å². The number of hydrazone groups is 1. The summed E-state index contributed by atoms with van der Waals surface area (Å²) in [5.41, 5.74) is 3.65. The molecule has 0 fully saturated rings. The molecular formula is C11H7Cl2N5O2. The lowest BCUT2D eigenvalue weighted by molar-refractivity contribution is -0.384. The van der Waals surface area contributed by atoms with Crippen LogP contribution in [0, 0.1) is 10.1 Å². The normalized spacial score (nSPS) is 10.7. The Hall–Kier alpha value is -2.25. The molecule has 2 aromatic rings. The number of nitro benzene ring substituents is 1. The molecular weight excluding hydrogens is 305 g/mol. The van der Waals surface area contributed by atoms with Gasteiger partial charge in [-0.3, -0.25) is 15.5 Å². The summed E-state index contributed by atoms with van der Waals surface area (Å²) < 4.78 is 0. The summed E-state index contributed by atoms with van der Waals surface area (Å²) in [5.74, 6) is 0. The van der Waals surface area contributed by atoms with E-state index < -0.39 is 4.92 Å². The number of nitrogens with zero attached hydrogens (tertiary/aromatic N) is 4. The average Bonchev–Trinajstić information content (AvgIpc) is 2.42. The molecule has 0 saturated heterocycles. The highest BCUT2D eigenvalue weighted by Crippen LogP contribution is 2.18. The van der Waals surface area contributed by atoms with Crippen molar-refractivity contribution in [3.05, 3.63) is 56.6 Å². The van der Waals surface area contributed by atoms with Crippen molar-refractivity contribution in [3.8, 4) is 0 Å². The number of nitro groups is 1. The second kappa shape index (κ2) is 6.27. The molecule has 1 aromatic carbocycles. The quantitative estimate of drug-likeness (QED) is 0.405. The van der Waals surface area contributed by atoms with Gasteiger partial charge in [-0.25, -0.2) is 9.97 Å². The van der Waals surface area contributed by atoms with Crippen molar-refractivity contribution >= 4 is 40.8 Å². The second-order valence-corrected chi connectivity index (χ2v) is 4.26. The molecule has 0 amide bonds. The Morgan fingerprint density at radius 1 is 1.20 bits per heavy atom. The van der Waals surface area contributed by atoms with Gasteiger partial charge < -0.3 is 0 Å². The van der Waals surface area contributed by atoms with Gasteiger partial charge in [-0.15, -0.1) is 0 Å². The van der Waals surface area contributed by atoms with Crippen LogP contribution in [0.1, 0.15) is 5.56 Å². The highest BCUT2D eigenvalue weighted by Gasteiger charge is 2.05. The smallest absolute Gasteiger partial charge is 0.269 e. The number of aromatic nitrogens is 2. The zero-order valence-electron chi connectivity index (χ0n) is 9.83. The maximum Gasteiger partial charge on any atom is 0.269 e. The first kappa shape index (κ1) is 14.2. The number of benzene rings is 1. The van der Waals surface area contributed by atoms with Gasteiger partial charge in [0.05, 0.1) is 22.4 Å². The second-order valence-electron chi connectivity index (χ2n) is 3.54. The molecule has 7 nitrogen and oxygen atoms in total. The van der Waals surface area contributed by atoms with Gasteiger partial charge in [-0.1, -0.05) is 23.2 Å². The van der Waals surface area contributed by atoms with Crippen LogP contribution in [0.25, 0.3) is 0 Å². The van der Waals surface area contributed by atoms with Crippen LogP contribution in [-0.2, 0) is 0 Å². The van der Waals surface area contributed by atoms with E-state index in [1.807, 2.05) is 0 Å². The van der Waals surface area contributed by atoms with Gasteiger partial charge in [-0.05, 0) is 12.1 Å². The molecule has 1 heterocycles. The van der Waals surface area contributed by atoms with Crippen LogP contribution < -0.4 is 5.43 Å². The van der Waals surface area contributed by atoms with Crippen LogP contribution in [0.2, 0.25) is 10.3 Å². The summed E-state index contributed by atoms with van der Waals surface area (Å²) in [4.78, 5) is 17.6. The number of non-ortho nitro benzene ring substituents is 1. The molecule has 0 bridgehead atoms. The van der Waals surface area contributed by atoms with E-state index in [0.29, 0.717) is 11.3 Å². The van der Waals surface area contributed by atoms with Gasteiger partial charge >= 0.3 is 0 Å².